The summed E-state index contributed by atoms with van der Waals surface area (Å²) in [7, 11) is 3.27. The number of Topliss-reactive ketones (excluding diaryl/α,β-unsaturated/α-hetero) is 2. The van der Waals surface area contributed by atoms with Gasteiger partial charge < -0.3 is 18.9 Å². The van der Waals surface area contributed by atoms with Gasteiger partial charge in [-0.05, 0) is 81.1 Å². The monoisotopic (exact) mass is 522 g/mol. The Morgan fingerprint density at radius 2 is 1.06 bits per heavy atom. The van der Waals surface area contributed by atoms with E-state index >= 15 is 0 Å². The molecule has 0 heterocycles. The van der Waals surface area contributed by atoms with Gasteiger partial charge in [0.1, 0.15) is 24.7 Å². The molecular formula is C26H35BrO6. The van der Waals surface area contributed by atoms with Crippen molar-refractivity contribution in [1.82, 2.24) is 0 Å². The Labute approximate surface area is 205 Å². The van der Waals surface area contributed by atoms with Crippen LogP contribution in [0.25, 0.3) is 0 Å². The zero-order valence-corrected chi connectivity index (χ0v) is 22.3. The SMILES string of the molecule is COCCOc1cc(C)c(C(=O)CBr)c(C)c1.COCCOc1cc(C)c(C(C)=O)c(C)c1. The van der Waals surface area contributed by atoms with E-state index in [2.05, 4.69) is 15.9 Å². The number of aryl methyl sites for hydroxylation is 4. The third-order valence-corrected chi connectivity index (χ3v) is 5.39. The molecule has 0 spiro atoms. The number of hydrogen-bond acceptors (Lipinski definition) is 6. The average Bonchev–Trinajstić information content (AvgIpc) is 2.73. The van der Waals surface area contributed by atoms with Gasteiger partial charge in [-0.1, -0.05) is 15.9 Å². The van der Waals surface area contributed by atoms with E-state index < -0.39 is 0 Å². The smallest absolute Gasteiger partial charge is 0.173 e. The first-order valence-corrected chi connectivity index (χ1v) is 11.8. The van der Waals surface area contributed by atoms with Crippen molar-refractivity contribution in [2.45, 2.75) is 34.6 Å². The van der Waals surface area contributed by atoms with Crippen LogP contribution in [0.4, 0.5) is 0 Å². The molecule has 0 bridgehead atoms. The maximum atomic E-state index is 11.7. The van der Waals surface area contributed by atoms with Crippen LogP contribution in [-0.2, 0) is 9.47 Å². The molecule has 0 fully saturated rings. The van der Waals surface area contributed by atoms with Crippen molar-refractivity contribution >= 4 is 27.5 Å². The van der Waals surface area contributed by atoms with Crippen LogP contribution in [0.1, 0.15) is 49.9 Å². The van der Waals surface area contributed by atoms with Gasteiger partial charge in [0.2, 0.25) is 0 Å². The fraction of sp³-hybridized carbons (Fsp3) is 0.462. The minimum atomic E-state index is 0.0958. The summed E-state index contributed by atoms with van der Waals surface area (Å²) < 4.78 is 20.9. The summed E-state index contributed by atoms with van der Waals surface area (Å²) in [5.41, 5.74) is 5.38. The molecule has 0 saturated carbocycles. The van der Waals surface area contributed by atoms with Crippen molar-refractivity contribution in [3.8, 4) is 11.5 Å². The maximum Gasteiger partial charge on any atom is 0.173 e. The fourth-order valence-corrected chi connectivity index (χ4v) is 3.84. The second-order valence-corrected chi connectivity index (χ2v) is 8.22. The van der Waals surface area contributed by atoms with Gasteiger partial charge in [-0.3, -0.25) is 9.59 Å². The van der Waals surface area contributed by atoms with Gasteiger partial charge in [0, 0.05) is 25.3 Å². The minimum Gasteiger partial charge on any atom is -0.491 e. The largest absolute Gasteiger partial charge is 0.491 e. The molecule has 0 aliphatic carbocycles. The number of carbonyl (C=O) groups is 2. The summed E-state index contributed by atoms with van der Waals surface area (Å²) in [6, 6.07) is 7.55. The van der Waals surface area contributed by atoms with Gasteiger partial charge in [-0.25, -0.2) is 0 Å². The van der Waals surface area contributed by atoms with Crippen LogP contribution in [0.3, 0.4) is 0 Å². The molecule has 182 valence electrons. The Hall–Kier alpha value is -2.22. The van der Waals surface area contributed by atoms with E-state index in [9.17, 15) is 9.59 Å². The molecule has 6 nitrogen and oxygen atoms in total. The highest BCUT2D eigenvalue weighted by atomic mass is 79.9. The molecule has 0 aliphatic rings. The van der Waals surface area contributed by atoms with Gasteiger partial charge in [0.05, 0.1) is 18.5 Å². The van der Waals surface area contributed by atoms with E-state index in [1.54, 1.807) is 21.1 Å². The van der Waals surface area contributed by atoms with E-state index in [-0.39, 0.29) is 11.6 Å². The number of rotatable bonds is 11. The van der Waals surface area contributed by atoms with Crippen molar-refractivity contribution in [3.63, 3.8) is 0 Å². The summed E-state index contributed by atoms with van der Waals surface area (Å²) in [6.45, 7) is 11.4. The number of carbonyl (C=O) groups excluding carboxylic acids is 2. The highest BCUT2D eigenvalue weighted by Crippen LogP contribution is 2.23. The number of halogens is 1. The van der Waals surface area contributed by atoms with E-state index in [4.69, 9.17) is 18.9 Å². The van der Waals surface area contributed by atoms with Crippen LogP contribution in [0.5, 0.6) is 11.5 Å². The summed E-state index contributed by atoms with van der Waals surface area (Å²) in [5, 5.41) is 0.346. The molecule has 33 heavy (non-hydrogen) atoms. The molecule has 0 saturated heterocycles. The molecule has 7 heteroatoms. The maximum absolute atomic E-state index is 11.7. The Balaban J connectivity index is 0.000000331. The molecule has 2 rings (SSSR count). The Morgan fingerprint density at radius 1 is 0.697 bits per heavy atom. The molecule has 2 aromatic carbocycles. The lowest BCUT2D eigenvalue weighted by molar-refractivity contribution is 0.101. The highest BCUT2D eigenvalue weighted by Gasteiger charge is 2.12. The Morgan fingerprint density at radius 3 is 1.36 bits per heavy atom. The Kier molecular flexibility index (Phi) is 13.0. The van der Waals surface area contributed by atoms with Crippen molar-refractivity contribution in [3.05, 3.63) is 57.6 Å². The van der Waals surface area contributed by atoms with Crippen molar-refractivity contribution in [2.75, 3.05) is 46.0 Å². The van der Waals surface area contributed by atoms with Crippen LogP contribution < -0.4 is 9.47 Å². The van der Waals surface area contributed by atoms with Gasteiger partial charge in [0.15, 0.2) is 11.6 Å². The number of hydrogen-bond donors (Lipinski definition) is 0. The van der Waals surface area contributed by atoms with Gasteiger partial charge in [-0.2, -0.15) is 0 Å². The molecule has 0 atom stereocenters. The van der Waals surface area contributed by atoms with Crippen LogP contribution >= 0.6 is 15.9 Å². The van der Waals surface area contributed by atoms with Gasteiger partial charge >= 0.3 is 0 Å². The lowest BCUT2D eigenvalue weighted by atomic mass is 9.99. The fourth-order valence-electron chi connectivity index (χ4n) is 3.56. The van der Waals surface area contributed by atoms with Gasteiger partial charge in [0.25, 0.3) is 0 Å². The second kappa shape index (κ2) is 14.8. The number of ether oxygens (including phenoxy) is 4. The molecular weight excluding hydrogens is 488 g/mol. The van der Waals surface area contributed by atoms with E-state index in [0.29, 0.717) is 31.8 Å². The quantitative estimate of drug-likeness (QED) is 0.222. The normalized spacial score (nSPS) is 10.3. The third-order valence-electron chi connectivity index (χ3n) is 4.88. The number of benzene rings is 2. The first-order valence-electron chi connectivity index (χ1n) is 10.7. The van der Waals surface area contributed by atoms with Crippen LogP contribution in [0.15, 0.2) is 24.3 Å². The molecule has 0 unspecified atom stereocenters. The van der Waals surface area contributed by atoms with Gasteiger partial charge in [-0.15, -0.1) is 0 Å². The van der Waals surface area contributed by atoms with E-state index in [0.717, 1.165) is 44.9 Å². The lowest BCUT2D eigenvalue weighted by Gasteiger charge is -2.12. The predicted octanol–water partition coefficient (Wildman–Crippen LogP) is 5.44. The average molecular weight is 523 g/mol. The zero-order chi connectivity index (χ0) is 25.0. The minimum absolute atomic E-state index is 0.0958. The molecule has 0 amide bonds. The van der Waals surface area contributed by atoms with Crippen LogP contribution in [-0.4, -0.2) is 57.5 Å². The molecule has 0 aromatic heterocycles. The van der Waals surface area contributed by atoms with Crippen LogP contribution in [0, 0.1) is 27.7 Å². The van der Waals surface area contributed by atoms with Crippen molar-refractivity contribution in [2.24, 2.45) is 0 Å². The van der Waals surface area contributed by atoms with E-state index in [1.807, 2.05) is 52.0 Å². The summed E-state index contributed by atoms with van der Waals surface area (Å²) >= 11 is 3.19. The standard InChI is InChI=1S/C13H17BrO3.C13H18O3/c1-9-6-11(17-5-4-16-3)7-10(2)13(9)12(15)8-14;1-9-7-12(16-6-5-15-4)8-10(2)13(9)11(3)14/h6-7H,4-5,8H2,1-3H3;7-8H,5-6H2,1-4H3. The first kappa shape index (κ1) is 28.8. The second-order valence-electron chi connectivity index (χ2n) is 7.66. The topological polar surface area (TPSA) is 71.1 Å². The summed E-state index contributed by atoms with van der Waals surface area (Å²) in [6.07, 6.45) is 0. The van der Waals surface area contributed by atoms with Crippen molar-refractivity contribution in [1.29, 1.82) is 0 Å². The molecule has 0 radical (unpaired) electrons. The first-order chi connectivity index (χ1) is 15.7. The zero-order valence-electron chi connectivity index (χ0n) is 20.7. The molecule has 2 aromatic rings. The highest BCUT2D eigenvalue weighted by molar-refractivity contribution is 9.09. The number of alkyl halides is 1. The number of methoxy groups -OCH3 is 2. The predicted molar refractivity (Wildman–Crippen MR) is 135 cm³/mol. The third kappa shape index (κ3) is 9.27. The molecule has 0 N–H and O–H groups in total. The lowest BCUT2D eigenvalue weighted by Crippen LogP contribution is -2.08. The van der Waals surface area contributed by atoms with Crippen LogP contribution in [0.2, 0.25) is 0 Å². The van der Waals surface area contributed by atoms with E-state index in [1.165, 1.54) is 0 Å². The Bertz CT molecular complexity index is 892. The summed E-state index contributed by atoms with van der Waals surface area (Å²) in [4.78, 5) is 23.1. The van der Waals surface area contributed by atoms with Crippen molar-refractivity contribution < 1.29 is 28.5 Å². The summed E-state index contributed by atoms with van der Waals surface area (Å²) in [5.74, 6) is 1.77. The number of ketones is 2. The molecule has 0 aliphatic heterocycles.